The Morgan fingerprint density at radius 3 is 1.05 bits per heavy atom. The van der Waals surface area contributed by atoms with Gasteiger partial charge in [0.25, 0.3) is 0 Å². The van der Waals surface area contributed by atoms with E-state index in [-0.39, 0.29) is 31.1 Å². The lowest BCUT2D eigenvalue weighted by molar-refractivity contribution is -0.167. The van der Waals surface area contributed by atoms with Gasteiger partial charge in [-0.3, -0.25) is 14.4 Å². The average molecular weight is 865 g/mol. The van der Waals surface area contributed by atoms with E-state index < -0.39 is 6.10 Å². The van der Waals surface area contributed by atoms with Gasteiger partial charge in [-0.15, -0.1) is 0 Å². The molecule has 0 spiro atoms. The maximum absolute atomic E-state index is 12.7. The Morgan fingerprint density at radius 2 is 0.661 bits per heavy atom. The molecule has 0 aromatic rings. The van der Waals surface area contributed by atoms with E-state index in [0.29, 0.717) is 19.3 Å². The molecule has 0 saturated carbocycles. The second-order valence-electron chi connectivity index (χ2n) is 17.1. The van der Waals surface area contributed by atoms with Gasteiger partial charge in [0.1, 0.15) is 13.2 Å². The number of hydrogen-bond donors (Lipinski definition) is 0. The van der Waals surface area contributed by atoms with Crippen molar-refractivity contribution in [3.05, 3.63) is 72.9 Å². The Morgan fingerprint density at radius 1 is 0.339 bits per heavy atom. The molecular weight excluding hydrogens is 769 g/mol. The third-order valence-electron chi connectivity index (χ3n) is 10.9. The molecule has 0 aliphatic carbocycles. The van der Waals surface area contributed by atoms with Crippen LogP contribution in [0.2, 0.25) is 0 Å². The van der Waals surface area contributed by atoms with E-state index in [1.807, 2.05) is 0 Å². The highest BCUT2D eigenvalue weighted by atomic mass is 16.6. The number of unbranched alkanes of at least 4 members (excludes halogenated alkanes) is 23. The summed E-state index contributed by atoms with van der Waals surface area (Å²) < 4.78 is 16.7. The van der Waals surface area contributed by atoms with Crippen LogP contribution in [0.5, 0.6) is 0 Å². The van der Waals surface area contributed by atoms with Crippen LogP contribution in [0.15, 0.2) is 72.9 Å². The summed E-state index contributed by atoms with van der Waals surface area (Å²) >= 11 is 0. The van der Waals surface area contributed by atoms with E-state index in [2.05, 4.69) is 93.7 Å². The van der Waals surface area contributed by atoms with Crippen molar-refractivity contribution in [1.82, 2.24) is 0 Å². The van der Waals surface area contributed by atoms with E-state index in [4.69, 9.17) is 14.2 Å². The SMILES string of the molecule is CC/C=C\C/C=C\C/C=C\C/C=C\CCCCCCCCCCCCC(=O)OCC(COC(=O)CCCCCCCCCC)OC(=O)CCCCCCC/C=C\C/C=C\CCC. The first-order valence-corrected chi connectivity index (χ1v) is 25.9. The van der Waals surface area contributed by atoms with Crippen LogP contribution in [-0.2, 0) is 28.6 Å². The Balaban J connectivity index is 4.23. The maximum Gasteiger partial charge on any atom is 0.306 e. The Kier molecular flexibility index (Phi) is 47.9. The molecule has 0 N–H and O–H groups in total. The van der Waals surface area contributed by atoms with Gasteiger partial charge in [0.15, 0.2) is 6.10 Å². The molecule has 0 aliphatic heterocycles. The first-order chi connectivity index (χ1) is 30.5. The zero-order chi connectivity index (χ0) is 45.1. The monoisotopic (exact) mass is 865 g/mol. The van der Waals surface area contributed by atoms with E-state index in [1.165, 1.54) is 89.9 Å². The topological polar surface area (TPSA) is 78.9 Å². The van der Waals surface area contributed by atoms with Crippen molar-refractivity contribution >= 4 is 17.9 Å². The van der Waals surface area contributed by atoms with Crippen molar-refractivity contribution in [2.75, 3.05) is 13.2 Å². The molecule has 62 heavy (non-hydrogen) atoms. The standard InChI is InChI=1S/C56H96O6/c1-4-7-10-13-16-19-21-23-24-25-26-27-28-29-30-31-32-34-35-37-40-43-46-49-55(58)61-52-53(51-60-54(57)48-45-42-39-18-15-12-9-6-3)62-56(59)50-47-44-41-38-36-33-22-20-17-14-11-8-5-2/h7,10-11,14,16,19-20,22-24,26-27,53H,4-6,8-9,12-13,15,17-18,21,25,28-52H2,1-3H3/b10-7-,14-11-,19-16-,22-20-,24-23-,27-26-. The van der Waals surface area contributed by atoms with Gasteiger partial charge in [-0.25, -0.2) is 0 Å². The lowest BCUT2D eigenvalue weighted by Gasteiger charge is -2.18. The summed E-state index contributed by atoms with van der Waals surface area (Å²) in [6, 6.07) is 0. The van der Waals surface area contributed by atoms with Gasteiger partial charge in [0.05, 0.1) is 0 Å². The fourth-order valence-electron chi connectivity index (χ4n) is 7.06. The summed E-state index contributed by atoms with van der Waals surface area (Å²) in [5.41, 5.74) is 0. The van der Waals surface area contributed by atoms with Gasteiger partial charge < -0.3 is 14.2 Å². The summed E-state index contributed by atoms with van der Waals surface area (Å²) in [7, 11) is 0. The molecule has 0 aromatic heterocycles. The predicted molar refractivity (Wildman–Crippen MR) is 265 cm³/mol. The van der Waals surface area contributed by atoms with Gasteiger partial charge in [0.2, 0.25) is 0 Å². The number of carbonyl (C=O) groups is 3. The van der Waals surface area contributed by atoms with Gasteiger partial charge in [-0.1, -0.05) is 216 Å². The van der Waals surface area contributed by atoms with Gasteiger partial charge in [-0.05, 0) is 83.5 Å². The third-order valence-corrected chi connectivity index (χ3v) is 10.9. The normalized spacial score (nSPS) is 12.6. The van der Waals surface area contributed by atoms with Gasteiger partial charge >= 0.3 is 17.9 Å². The predicted octanol–water partition coefficient (Wildman–Crippen LogP) is 17.0. The Labute approximate surface area is 382 Å². The first-order valence-electron chi connectivity index (χ1n) is 25.9. The minimum atomic E-state index is -0.780. The number of carbonyl (C=O) groups excluding carboxylic acids is 3. The number of allylic oxidation sites excluding steroid dienone is 12. The van der Waals surface area contributed by atoms with Crippen molar-refractivity contribution in [3.8, 4) is 0 Å². The molecule has 0 radical (unpaired) electrons. The lowest BCUT2D eigenvalue weighted by Crippen LogP contribution is -2.30. The molecule has 0 aliphatic rings. The summed E-state index contributed by atoms with van der Waals surface area (Å²) in [4.78, 5) is 37.8. The van der Waals surface area contributed by atoms with Crippen molar-refractivity contribution in [1.29, 1.82) is 0 Å². The second kappa shape index (κ2) is 50.5. The minimum absolute atomic E-state index is 0.0813. The molecule has 0 fully saturated rings. The fourth-order valence-corrected chi connectivity index (χ4v) is 7.06. The highest BCUT2D eigenvalue weighted by molar-refractivity contribution is 5.71. The molecule has 0 amide bonds. The maximum atomic E-state index is 12.7. The van der Waals surface area contributed by atoms with E-state index >= 15 is 0 Å². The van der Waals surface area contributed by atoms with Crippen LogP contribution in [0.4, 0.5) is 0 Å². The smallest absolute Gasteiger partial charge is 0.306 e. The van der Waals surface area contributed by atoms with Crippen LogP contribution in [0.25, 0.3) is 0 Å². The van der Waals surface area contributed by atoms with Gasteiger partial charge in [0, 0.05) is 19.3 Å². The summed E-state index contributed by atoms with van der Waals surface area (Å²) in [6.07, 6.45) is 63.3. The summed E-state index contributed by atoms with van der Waals surface area (Å²) in [5.74, 6) is -0.903. The van der Waals surface area contributed by atoms with E-state index in [1.54, 1.807) is 0 Å². The Hall–Kier alpha value is -3.15. The van der Waals surface area contributed by atoms with Crippen molar-refractivity contribution in [2.45, 2.75) is 252 Å². The highest BCUT2D eigenvalue weighted by Crippen LogP contribution is 2.15. The van der Waals surface area contributed by atoms with Crippen molar-refractivity contribution < 1.29 is 28.6 Å². The number of ether oxygens (including phenoxy) is 3. The third kappa shape index (κ3) is 47.9. The molecule has 356 valence electrons. The summed E-state index contributed by atoms with van der Waals surface area (Å²) in [5, 5.41) is 0. The van der Waals surface area contributed by atoms with Gasteiger partial charge in [-0.2, -0.15) is 0 Å². The van der Waals surface area contributed by atoms with Crippen LogP contribution in [-0.4, -0.2) is 37.2 Å². The number of esters is 3. The molecule has 6 heteroatoms. The molecule has 0 aromatic carbocycles. The van der Waals surface area contributed by atoms with Crippen LogP contribution in [0, 0.1) is 0 Å². The number of hydrogen-bond acceptors (Lipinski definition) is 6. The van der Waals surface area contributed by atoms with E-state index in [9.17, 15) is 14.4 Å². The van der Waals surface area contributed by atoms with E-state index in [0.717, 1.165) is 116 Å². The van der Waals surface area contributed by atoms with Crippen LogP contribution in [0.3, 0.4) is 0 Å². The van der Waals surface area contributed by atoms with Crippen LogP contribution >= 0.6 is 0 Å². The molecule has 1 atom stereocenters. The highest BCUT2D eigenvalue weighted by Gasteiger charge is 2.19. The largest absolute Gasteiger partial charge is 0.462 e. The molecule has 6 nitrogen and oxygen atoms in total. The molecule has 0 rings (SSSR count). The summed E-state index contributed by atoms with van der Waals surface area (Å²) in [6.45, 7) is 6.42. The second-order valence-corrected chi connectivity index (χ2v) is 17.1. The molecule has 1 unspecified atom stereocenters. The zero-order valence-corrected chi connectivity index (χ0v) is 40.6. The number of rotatable bonds is 46. The van der Waals surface area contributed by atoms with Crippen molar-refractivity contribution in [2.24, 2.45) is 0 Å². The quantitative estimate of drug-likeness (QED) is 0.0262. The first kappa shape index (κ1) is 58.9. The lowest BCUT2D eigenvalue weighted by atomic mass is 10.1. The van der Waals surface area contributed by atoms with Crippen LogP contribution in [0.1, 0.15) is 245 Å². The molecular formula is C56H96O6. The molecule has 0 saturated heterocycles. The van der Waals surface area contributed by atoms with Crippen LogP contribution < -0.4 is 0 Å². The Bertz CT molecular complexity index is 1180. The average Bonchev–Trinajstić information content (AvgIpc) is 3.27. The molecule has 0 heterocycles. The zero-order valence-electron chi connectivity index (χ0n) is 40.6. The fraction of sp³-hybridized carbons (Fsp3) is 0.732. The molecule has 0 bridgehead atoms. The van der Waals surface area contributed by atoms with Crippen molar-refractivity contribution in [3.63, 3.8) is 0 Å². The minimum Gasteiger partial charge on any atom is -0.462 e.